The zero-order chi connectivity index (χ0) is 12.3. The molecule has 6 heteroatoms. The van der Waals surface area contributed by atoms with Crippen LogP contribution in [-0.4, -0.2) is 34.1 Å². The highest BCUT2D eigenvalue weighted by Crippen LogP contribution is 2.31. The first kappa shape index (κ1) is 11.4. The first-order chi connectivity index (χ1) is 8.24. The number of hydrogen-bond donors (Lipinski definition) is 2. The van der Waals surface area contributed by atoms with Crippen LogP contribution in [0.15, 0.2) is 22.7 Å². The Morgan fingerprint density at radius 3 is 2.94 bits per heavy atom. The summed E-state index contributed by atoms with van der Waals surface area (Å²) in [4.78, 5) is 4.05. The summed E-state index contributed by atoms with van der Waals surface area (Å²) < 4.78 is 10.0. The normalized spacial score (nSPS) is 10.5. The van der Waals surface area contributed by atoms with E-state index in [1.54, 1.807) is 12.1 Å². The number of phenols is 1. The Kier molecular flexibility index (Phi) is 3.24. The number of aromatic hydroxyl groups is 1. The lowest BCUT2D eigenvalue weighted by Gasteiger charge is -2.02. The van der Waals surface area contributed by atoms with Gasteiger partial charge in [-0.15, -0.1) is 0 Å². The summed E-state index contributed by atoms with van der Waals surface area (Å²) in [6, 6.07) is 4.72. The number of hydrogen-bond acceptors (Lipinski definition) is 6. The van der Waals surface area contributed by atoms with Crippen LogP contribution in [0.3, 0.4) is 0 Å². The number of nitrogens with zero attached hydrogens (tertiary/aromatic N) is 2. The molecule has 0 spiro atoms. The van der Waals surface area contributed by atoms with Crippen LogP contribution >= 0.6 is 0 Å². The van der Waals surface area contributed by atoms with Crippen LogP contribution in [0, 0.1) is 0 Å². The highest BCUT2D eigenvalue weighted by atomic mass is 16.5. The number of phenolic OH excluding ortho intramolecular Hbond substituents is 1. The van der Waals surface area contributed by atoms with Crippen molar-refractivity contribution in [3.05, 3.63) is 24.0 Å². The summed E-state index contributed by atoms with van der Waals surface area (Å²) in [6.45, 7) is -0.0525. The van der Waals surface area contributed by atoms with E-state index in [1.807, 2.05) is 0 Å². The number of ether oxygens (including phenoxy) is 1. The second-order valence-corrected chi connectivity index (χ2v) is 3.37. The molecule has 0 unspecified atom stereocenters. The standard InChI is InChI=1S/C11H12N2O4/c1-16-7-2-3-9(15)8(6-7)11-12-10(4-5-14)13-17-11/h2-3,6,14-15H,4-5H2,1H3. The molecular weight excluding hydrogens is 224 g/mol. The molecule has 1 aromatic heterocycles. The van der Waals surface area contributed by atoms with Crippen molar-refractivity contribution in [1.82, 2.24) is 10.1 Å². The molecule has 2 rings (SSSR count). The van der Waals surface area contributed by atoms with Gasteiger partial charge in [0.05, 0.1) is 19.3 Å². The number of aliphatic hydroxyl groups excluding tert-OH is 1. The molecule has 1 aromatic carbocycles. The Bertz CT molecular complexity index is 510. The zero-order valence-electron chi connectivity index (χ0n) is 9.25. The van der Waals surface area contributed by atoms with Crippen molar-refractivity contribution in [2.75, 3.05) is 13.7 Å². The van der Waals surface area contributed by atoms with Crippen molar-refractivity contribution in [3.8, 4) is 23.0 Å². The maximum Gasteiger partial charge on any atom is 0.261 e. The Morgan fingerprint density at radius 1 is 1.41 bits per heavy atom. The molecule has 0 aliphatic rings. The minimum absolute atomic E-state index is 0.0324. The van der Waals surface area contributed by atoms with E-state index >= 15 is 0 Å². The van der Waals surface area contributed by atoms with Gasteiger partial charge in [-0.2, -0.15) is 4.98 Å². The van der Waals surface area contributed by atoms with Gasteiger partial charge < -0.3 is 19.5 Å². The van der Waals surface area contributed by atoms with Crippen molar-refractivity contribution in [2.45, 2.75) is 6.42 Å². The minimum atomic E-state index is -0.0525. The van der Waals surface area contributed by atoms with Gasteiger partial charge in [-0.3, -0.25) is 0 Å². The van der Waals surface area contributed by atoms with E-state index in [2.05, 4.69) is 10.1 Å². The molecule has 0 aliphatic heterocycles. The Labute approximate surface area is 97.5 Å². The van der Waals surface area contributed by atoms with Gasteiger partial charge in [-0.25, -0.2) is 0 Å². The van der Waals surface area contributed by atoms with Gasteiger partial charge in [-0.1, -0.05) is 5.16 Å². The number of aliphatic hydroxyl groups is 1. The van der Waals surface area contributed by atoms with Gasteiger partial charge in [0.25, 0.3) is 5.89 Å². The molecule has 0 radical (unpaired) electrons. The van der Waals surface area contributed by atoms with Crippen LogP contribution in [0.1, 0.15) is 5.82 Å². The second-order valence-electron chi connectivity index (χ2n) is 3.37. The largest absolute Gasteiger partial charge is 0.507 e. The maximum absolute atomic E-state index is 9.69. The van der Waals surface area contributed by atoms with Crippen molar-refractivity contribution in [3.63, 3.8) is 0 Å². The highest BCUT2D eigenvalue weighted by Gasteiger charge is 2.13. The van der Waals surface area contributed by atoms with E-state index < -0.39 is 0 Å². The topological polar surface area (TPSA) is 88.6 Å². The molecule has 17 heavy (non-hydrogen) atoms. The molecule has 0 atom stereocenters. The van der Waals surface area contributed by atoms with Crippen LogP contribution in [0.25, 0.3) is 11.5 Å². The van der Waals surface area contributed by atoms with E-state index in [0.717, 1.165) is 0 Å². The third-order valence-corrected chi connectivity index (χ3v) is 2.24. The number of rotatable bonds is 4. The quantitative estimate of drug-likeness (QED) is 0.822. The molecule has 0 amide bonds. The first-order valence-corrected chi connectivity index (χ1v) is 5.05. The second kappa shape index (κ2) is 4.84. The van der Waals surface area contributed by atoms with Crippen LogP contribution in [0.5, 0.6) is 11.5 Å². The van der Waals surface area contributed by atoms with Crippen molar-refractivity contribution >= 4 is 0 Å². The van der Waals surface area contributed by atoms with Gasteiger partial charge in [0, 0.05) is 6.42 Å². The van der Waals surface area contributed by atoms with Crippen molar-refractivity contribution in [1.29, 1.82) is 0 Å². The molecule has 0 aliphatic carbocycles. The molecule has 0 saturated carbocycles. The fraction of sp³-hybridized carbons (Fsp3) is 0.273. The molecule has 90 valence electrons. The monoisotopic (exact) mass is 236 g/mol. The predicted molar refractivity (Wildman–Crippen MR) is 58.7 cm³/mol. The predicted octanol–water partition coefficient (Wildman–Crippen LogP) is 0.986. The van der Waals surface area contributed by atoms with Gasteiger partial charge >= 0.3 is 0 Å². The number of methoxy groups -OCH3 is 1. The minimum Gasteiger partial charge on any atom is -0.507 e. The van der Waals surface area contributed by atoms with Crippen molar-refractivity contribution < 1.29 is 19.5 Å². The lowest BCUT2D eigenvalue weighted by Crippen LogP contribution is -1.92. The number of benzene rings is 1. The summed E-state index contributed by atoms with van der Waals surface area (Å²) in [7, 11) is 1.53. The molecule has 1 heterocycles. The summed E-state index contributed by atoms with van der Waals surface area (Å²) in [5.41, 5.74) is 0.404. The van der Waals surface area contributed by atoms with E-state index in [0.29, 0.717) is 23.6 Å². The molecular formula is C11H12N2O4. The van der Waals surface area contributed by atoms with Gasteiger partial charge in [0.1, 0.15) is 11.5 Å². The van der Waals surface area contributed by atoms with Gasteiger partial charge in [-0.05, 0) is 18.2 Å². The molecule has 0 saturated heterocycles. The molecule has 2 aromatic rings. The van der Waals surface area contributed by atoms with Crippen LogP contribution in [-0.2, 0) is 6.42 Å². The van der Waals surface area contributed by atoms with Gasteiger partial charge in [0.2, 0.25) is 0 Å². The lowest BCUT2D eigenvalue weighted by molar-refractivity contribution is 0.293. The maximum atomic E-state index is 9.69. The third-order valence-electron chi connectivity index (χ3n) is 2.24. The fourth-order valence-electron chi connectivity index (χ4n) is 1.38. The molecule has 0 fully saturated rings. The van der Waals surface area contributed by atoms with E-state index in [-0.39, 0.29) is 18.2 Å². The lowest BCUT2D eigenvalue weighted by atomic mass is 10.2. The Hall–Kier alpha value is -2.08. The highest BCUT2D eigenvalue weighted by molar-refractivity contribution is 5.64. The summed E-state index contributed by atoms with van der Waals surface area (Å²) in [5, 5.41) is 22.1. The first-order valence-electron chi connectivity index (χ1n) is 5.05. The van der Waals surface area contributed by atoms with Crippen LogP contribution in [0.2, 0.25) is 0 Å². The van der Waals surface area contributed by atoms with Crippen LogP contribution < -0.4 is 4.74 Å². The summed E-state index contributed by atoms with van der Waals surface area (Å²) >= 11 is 0. The number of aromatic nitrogens is 2. The third kappa shape index (κ3) is 2.36. The Morgan fingerprint density at radius 2 is 2.24 bits per heavy atom. The van der Waals surface area contributed by atoms with E-state index in [1.165, 1.54) is 13.2 Å². The smallest absolute Gasteiger partial charge is 0.261 e. The fourth-order valence-corrected chi connectivity index (χ4v) is 1.38. The molecule has 6 nitrogen and oxygen atoms in total. The average molecular weight is 236 g/mol. The summed E-state index contributed by atoms with van der Waals surface area (Å²) in [5.74, 6) is 1.21. The van der Waals surface area contributed by atoms with Gasteiger partial charge in [0.15, 0.2) is 5.82 Å². The van der Waals surface area contributed by atoms with E-state index in [4.69, 9.17) is 14.4 Å². The summed E-state index contributed by atoms with van der Waals surface area (Å²) in [6.07, 6.45) is 0.314. The molecule has 0 bridgehead atoms. The SMILES string of the molecule is COc1ccc(O)c(-c2nc(CCO)no2)c1. The molecule has 2 N–H and O–H groups in total. The van der Waals surface area contributed by atoms with E-state index in [9.17, 15) is 5.11 Å². The van der Waals surface area contributed by atoms with Crippen LogP contribution in [0.4, 0.5) is 0 Å². The average Bonchev–Trinajstić information content (AvgIpc) is 2.79. The zero-order valence-corrected chi connectivity index (χ0v) is 9.25. The van der Waals surface area contributed by atoms with Crippen molar-refractivity contribution in [2.24, 2.45) is 0 Å². The Balaban J connectivity index is 2.37.